The predicted octanol–water partition coefficient (Wildman–Crippen LogP) is 4.91. The lowest BCUT2D eigenvalue weighted by molar-refractivity contribution is -0.432. The molecule has 0 amide bonds. The number of azo groups is 2. The van der Waals surface area contributed by atoms with Crippen molar-refractivity contribution in [2.45, 2.75) is 14.7 Å². The first-order valence-electron chi connectivity index (χ1n) is 10.1. The molecule has 0 aliphatic rings. The molecule has 0 fully saturated rings. The van der Waals surface area contributed by atoms with Crippen LogP contribution < -0.4 is 11.1 Å². The van der Waals surface area contributed by atoms with Gasteiger partial charge < -0.3 is 11.1 Å². The van der Waals surface area contributed by atoms with Gasteiger partial charge >= 0.3 is 0 Å². The monoisotopic (exact) mass is 638 g/mol. The maximum Gasteiger partial charge on any atom is 0.296 e. The summed E-state index contributed by atoms with van der Waals surface area (Å²) in [6.45, 7) is 0. The van der Waals surface area contributed by atoms with Crippen molar-refractivity contribution in [3.63, 3.8) is 0 Å². The normalized spacial score (nSPS) is 12.6. The van der Waals surface area contributed by atoms with E-state index in [1.165, 1.54) is 31.3 Å². The van der Waals surface area contributed by atoms with E-state index in [9.17, 15) is 25.9 Å². The molecule has 22 heteroatoms. The number of anilines is 2. The molecule has 0 atom stereocenters. The molecule has 0 saturated heterocycles. The Labute approximate surface area is 233 Å². The van der Waals surface area contributed by atoms with E-state index < -0.39 is 35.7 Å². The molecule has 0 aliphatic carbocycles. The zero-order valence-electron chi connectivity index (χ0n) is 19.7. The van der Waals surface area contributed by atoms with E-state index in [2.05, 4.69) is 44.5 Å². The molecule has 0 aromatic heterocycles. The Morgan fingerprint density at radius 1 is 0.925 bits per heavy atom. The summed E-state index contributed by atoms with van der Waals surface area (Å²) in [4.78, 5) is -1.08. The molecule has 0 heterocycles. The molecule has 0 saturated carbocycles. The molecular formula is C18H18N6O12S4. The van der Waals surface area contributed by atoms with E-state index in [0.717, 1.165) is 12.1 Å². The second-order valence-electron chi connectivity index (χ2n) is 7.08. The Morgan fingerprint density at radius 3 is 2.25 bits per heavy atom. The van der Waals surface area contributed by atoms with E-state index in [-0.39, 0.29) is 44.3 Å². The van der Waals surface area contributed by atoms with Crippen LogP contribution in [0.2, 0.25) is 0 Å². The Hall–Kier alpha value is -3.00. The van der Waals surface area contributed by atoms with Gasteiger partial charge in [0.1, 0.15) is 21.2 Å². The Bertz CT molecular complexity index is 1670. The van der Waals surface area contributed by atoms with Crippen molar-refractivity contribution in [2.24, 2.45) is 20.5 Å². The van der Waals surface area contributed by atoms with Crippen molar-refractivity contribution in [1.82, 2.24) is 0 Å². The van der Waals surface area contributed by atoms with Gasteiger partial charge in [0.05, 0.1) is 47.0 Å². The Balaban J connectivity index is 2.26. The summed E-state index contributed by atoms with van der Waals surface area (Å²) in [5.74, 6) is -0.146. The van der Waals surface area contributed by atoms with Gasteiger partial charge in [0.2, 0.25) is 0 Å². The summed E-state index contributed by atoms with van der Waals surface area (Å²) in [6, 6.07) is 7.44. The summed E-state index contributed by atoms with van der Waals surface area (Å²) in [6.07, 6.45) is 0. The zero-order valence-corrected chi connectivity index (χ0v) is 23.0. The van der Waals surface area contributed by atoms with Crippen molar-refractivity contribution in [3.8, 4) is 0 Å². The third kappa shape index (κ3) is 7.59. The first-order chi connectivity index (χ1) is 18.9. The van der Waals surface area contributed by atoms with Crippen molar-refractivity contribution in [1.29, 1.82) is 0 Å². The maximum absolute atomic E-state index is 12.0. The molecule has 0 radical (unpaired) electrons. The zero-order chi connectivity index (χ0) is 29.5. The first-order valence-corrected chi connectivity index (χ1v) is 14.6. The van der Waals surface area contributed by atoms with Gasteiger partial charge in [-0.1, -0.05) is 22.2 Å². The summed E-state index contributed by atoms with van der Waals surface area (Å²) >= 11 is 1.04. The van der Waals surface area contributed by atoms with E-state index in [4.69, 9.17) is 16.2 Å². The smallest absolute Gasteiger partial charge is 0.296 e. The molecule has 18 nitrogen and oxygen atoms in total. The van der Waals surface area contributed by atoms with Gasteiger partial charge in [-0.2, -0.15) is 32.2 Å². The number of nitrogens with one attached hydrogen (secondary N) is 1. The second-order valence-corrected chi connectivity index (χ2v) is 11.3. The molecule has 0 bridgehead atoms. The topological polar surface area (TPSA) is 274 Å². The third-order valence-electron chi connectivity index (χ3n) is 4.75. The van der Waals surface area contributed by atoms with Crippen molar-refractivity contribution in [2.75, 3.05) is 24.0 Å². The molecule has 3 aromatic rings. The van der Waals surface area contributed by atoms with Crippen LogP contribution in [-0.2, 0) is 39.0 Å². The Morgan fingerprint density at radius 2 is 1.62 bits per heavy atom. The summed E-state index contributed by atoms with van der Waals surface area (Å²) < 4.78 is 76.0. The highest BCUT2D eigenvalue weighted by atomic mass is 32.2. The minimum absolute atomic E-state index is 0.0159. The molecule has 7 N–H and O–H groups in total. The lowest BCUT2D eigenvalue weighted by atomic mass is 10.1. The number of nitrogens with zero attached hydrogens (tertiary/aromatic N) is 4. The minimum atomic E-state index is -4.88. The van der Waals surface area contributed by atoms with Gasteiger partial charge in [0.25, 0.3) is 20.2 Å². The van der Waals surface area contributed by atoms with E-state index in [1.807, 2.05) is 0 Å². The van der Waals surface area contributed by atoms with E-state index >= 15 is 0 Å². The van der Waals surface area contributed by atoms with Crippen molar-refractivity contribution < 1.29 is 55.2 Å². The minimum Gasteiger partial charge on any atom is -0.396 e. The van der Waals surface area contributed by atoms with Crippen molar-refractivity contribution in [3.05, 3.63) is 36.4 Å². The number of benzene rings is 3. The fourth-order valence-corrected chi connectivity index (χ4v) is 5.46. The highest BCUT2D eigenvalue weighted by Crippen LogP contribution is 2.45. The quantitative estimate of drug-likeness (QED) is 0.0212. The number of rotatable bonds is 13. The van der Waals surface area contributed by atoms with Crippen LogP contribution in [0.3, 0.4) is 0 Å². The first kappa shape index (κ1) is 31.5. The van der Waals surface area contributed by atoms with Crippen LogP contribution in [0.1, 0.15) is 0 Å². The Kier molecular flexibility index (Phi) is 10.7. The van der Waals surface area contributed by atoms with Crippen molar-refractivity contribution >= 4 is 83.5 Å². The highest BCUT2D eigenvalue weighted by molar-refractivity contribution is 7.95. The largest absolute Gasteiger partial charge is 0.396 e. The second kappa shape index (κ2) is 13.6. The lowest BCUT2D eigenvalue weighted by Crippen LogP contribution is -2.06. The maximum atomic E-state index is 12.0. The van der Waals surface area contributed by atoms with Crippen LogP contribution in [0.4, 0.5) is 28.4 Å². The number of hydrogen-bond donors (Lipinski definition) is 6. The van der Waals surface area contributed by atoms with Gasteiger partial charge in [-0.15, -0.1) is 13.8 Å². The molecule has 3 rings (SSSR count). The third-order valence-corrected chi connectivity index (χ3v) is 7.62. The van der Waals surface area contributed by atoms with Crippen LogP contribution in [-0.4, -0.2) is 49.4 Å². The van der Waals surface area contributed by atoms with Gasteiger partial charge in [0, 0.05) is 17.3 Å². The molecule has 0 aliphatic heterocycles. The fourth-order valence-electron chi connectivity index (χ4n) is 3.29. The van der Waals surface area contributed by atoms with E-state index in [0.29, 0.717) is 24.1 Å². The van der Waals surface area contributed by atoms with E-state index in [1.54, 1.807) is 0 Å². The summed E-state index contributed by atoms with van der Waals surface area (Å²) in [5, 5.41) is 42.4. The van der Waals surface area contributed by atoms with Crippen LogP contribution in [0, 0.1) is 0 Å². The molecule has 0 unspecified atom stereocenters. The molecule has 3 aromatic carbocycles. The van der Waals surface area contributed by atoms with Crippen LogP contribution in [0.25, 0.3) is 10.8 Å². The number of fused-ring (bicyclic) bond motifs is 1. The number of hydrogen-bond acceptors (Lipinski definition) is 18. The molecule has 40 heavy (non-hydrogen) atoms. The summed E-state index contributed by atoms with van der Waals surface area (Å²) in [7, 11) is -8.32. The number of nitrogens with two attached hydrogens (primary N) is 1. The average Bonchev–Trinajstić information content (AvgIpc) is 2.89. The fraction of sp³-hybridized carbons (Fsp3) is 0.111. The van der Waals surface area contributed by atoms with Crippen LogP contribution >= 0.6 is 24.1 Å². The van der Waals surface area contributed by atoms with Crippen LogP contribution in [0.5, 0.6) is 0 Å². The SMILES string of the molecule is CN=Nc1c(N)c(S(=O)(=O)O)cc(N=Nc2cc(SOOO)c3cccc(S(=O)(=O)O)c3c2)c1NCSOOO. The standard InChI is InChI=1S/C18H18N6O12S4/c1-20-24-18-16(19)15(40(30,31)32)7-12(17(18)21-8-37-35-33-25)23-22-9-5-11-10(13(6-9)38-36-34-26)3-2-4-14(11)39(27,28)29/h2-7,21,25-26H,8,19H2,1H3,(H,27,28,29)(H,30,31,32). The highest BCUT2D eigenvalue weighted by Gasteiger charge is 2.24. The molecular weight excluding hydrogens is 620 g/mol. The summed E-state index contributed by atoms with van der Waals surface area (Å²) in [5.41, 5.74) is 4.83. The molecule has 216 valence electrons. The van der Waals surface area contributed by atoms with Gasteiger partial charge in [-0.3, -0.25) is 9.11 Å². The molecule has 0 spiro atoms. The van der Waals surface area contributed by atoms with Gasteiger partial charge in [-0.05, 0) is 29.7 Å². The van der Waals surface area contributed by atoms with Gasteiger partial charge in [0.15, 0.2) is 0 Å². The predicted molar refractivity (Wildman–Crippen MR) is 141 cm³/mol. The lowest BCUT2D eigenvalue weighted by Gasteiger charge is -2.14. The van der Waals surface area contributed by atoms with Crippen LogP contribution in [0.15, 0.2) is 71.5 Å². The van der Waals surface area contributed by atoms with Gasteiger partial charge in [-0.25, -0.2) is 10.5 Å². The average molecular weight is 639 g/mol. The number of nitrogen functional groups attached to an aromatic ring is 1.